The smallest absolute Gasteiger partial charge is 0.212 e. The summed E-state index contributed by atoms with van der Waals surface area (Å²) < 4.78 is 24.3. The van der Waals surface area contributed by atoms with Crippen LogP contribution in [0.2, 0.25) is 0 Å². The van der Waals surface area contributed by atoms with E-state index in [1.165, 1.54) is 4.31 Å². The first-order chi connectivity index (χ1) is 5.59. The molecule has 0 saturated heterocycles. The first-order valence-corrected chi connectivity index (χ1v) is 6.54. The number of hydrogen-bond donors (Lipinski definition) is 0. The average Bonchev–Trinajstić information content (AvgIpc) is 1.82. The zero-order chi connectivity index (χ0) is 10.9. The van der Waals surface area contributed by atoms with E-state index < -0.39 is 14.8 Å². The van der Waals surface area contributed by atoms with E-state index in [2.05, 4.69) is 15.9 Å². The molecule has 0 spiro atoms. The maximum Gasteiger partial charge on any atom is 0.218 e. The highest BCUT2D eigenvalue weighted by molar-refractivity contribution is 9.09. The van der Waals surface area contributed by atoms with Crippen LogP contribution in [-0.4, -0.2) is 35.9 Å². The molecule has 3 nitrogen and oxygen atoms in total. The highest BCUT2D eigenvalue weighted by atomic mass is 79.9. The second-order valence-electron chi connectivity index (χ2n) is 4.18. The van der Waals surface area contributed by atoms with Crippen molar-refractivity contribution in [1.82, 2.24) is 4.31 Å². The summed E-state index contributed by atoms with van der Waals surface area (Å²) in [6.45, 7) is 7.54. The van der Waals surface area contributed by atoms with E-state index in [0.29, 0.717) is 6.54 Å². The van der Waals surface area contributed by atoms with Crippen LogP contribution in [0.4, 0.5) is 0 Å². The van der Waals surface area contributed by atoms with Gasteiger partial charge in [0.15, 0.2) is 0 Å². The molecule has 0 aromatic rings. The second-order valence-corrected chi connectivity index (χ2v) is 8.54. The van der Waals surface area contributed by atoms with E-state index >= 15 is 0 Å². The maximum absolute atomic E-state index is 11.8. The Morgan fingerprint density at radius 2 is 1.77 bits per heavy atom. The Morgan fingerprint density at radius 3 is 2.00 bits per heavy atom. The normalized spacial score (nSPS) is 16.2. The molecule has 0 N–H and O–H groups in total. The Kier molecular flexibility index (Phi) is 4.40. The van der Waals surface area contributed by atoms with E-state index in [-0.39, 0.29) is 4.83 Å². The van der Waals surface area contributed by atoms with Gasteiger partial charge in [-0.3, -0.25) is 0 Å². The molecule has 0 aliphatic rings. The number of alkyl halides is 1. The first kappa shape index (κ1) is 13.4. The summed E-state index contributed by atoms with van der Waals surface area (Å²) in [4.78, 5) is 0.176. The summed E-state index contributed by atoms with van der Waals surface area (Å²) in [5.41, 5.74) is 0. The van der Waals surface area contributed by atoms with Crippen molar-refractivity contribution >= 4 is 26.0 Å². The summed E-state index contributed by atoms with van der Waals surface area (Å²) in [6, 6.07) is 0. The molecule has 0 aromatic carbocycles. The third kappa shape index (κ3) is 3.56. The molecule has 0 bridgehead atoms. The van der Waals surface area contributed by atoms with Crippen molar-refractivity contribution in [2.24, 2.45) is 0 Å². The molecule has 0 aromatic heterocycles. The van der Waals surface area contributed by atoms with Crippen LogP contribution >= 0.6 is 15.9 Å². The number of nitrogens with zero attached hydrogens (tertiary/aromatic N) is 1. The highest BCUT2D eigenvalue weighted by Crippen LogP contribution is 2.19. The third-order valence-electron chi connectivity index (χ3n) is 1.69. The molecule has 0 heterocycles. The summed E-state index contributed by atoms with van der Waals surface area (Å²) in [5, 5.41) is 0. The predicted octanol–water partition coefficient (Wildman–Crippen LogP) is 1.83. The van der Waals surface area contributed by atoms with Crippen molar-refractivity contribution in [3.8, 4) is 0 Å². The lowest BCUT2D eigenvalue weighted by Crippen LogP contribution is -2.42. The molecule has 13 heavy (non-hydrogen) atoms. The Bertz CT molecular complexity index is 254. The molecule has 1 unspecified atom stereocenters. The van der Waals surface area contributed by atoms with Gasteiger partial charge in [-0.1, -0.05) is 22.9 Å². The minimum absolute atomic E-state index is 0.176. The molecule has 0 radical (unpaired) electrons. The van der Waals surface area contributed by atoms with E-state index in [1.54, 1.807) is 27.8 Å². The van der Waals surface area contributed by atoms with Gasteiger partial charge in [0.05, 0.1) is 4.75 Å². The van der Waals surface area contributed by atoms with E-state index in [1.807, 2.05) is 6.92 Å². The fourth-order valence-electron chi connectivity index (χ4n) is 0.920. The zero-order valence-electron chi connectivity index (χ0n) is 8.83. The maximum atomic E-state index is 11.8. The van der Waals surface area contributed by atoms with Crippen molar-refractivity contribution in [2.75, 3.05) is 13.6 Å². The SMILES string of the molecule is CC(Br)CN(C)S(=O)(=O)C(C)(C)C. The Hall–Kier alpha value is 0.390. The molecular formula is C8H18BrNO2S. The molecule has 0 fully saturated rings. The van der Waals surface area contributed by atoms with Crippen LogP contribution in [0.3, 0.4) is 0 Å². The van der Waals surface area contributed by atoms with Crippen molar-refractivity contribution < 1.29 is 8.42 Å². The van der Waals surface area contributed by atoms with Gasteiger partial charge in [-0.2, -0.15) is 0 Å². The lowest BCUT2D eigenvalue weighted by Gasteiger charge is -2.27. The largest absolute Gasteiger partial charge is 0.218 e. The standard InChI is InChI=1S/C8H18BrNO2S/c1-7(9)6-10(5)13(11,12)8(2,3)4/h7H,6H2,1-5H3. The molecule has 1 atom stereocenters. The molecular weight excluding hydrogens is 254 g/mol. The van der Waals surface area contributed by atoms with Gasteiger partial charge >= 0.3 is 0 Å². The number of hydrogen-bond acceptors (Lipinski definition) is 2. The monoisotopic (exact) mass is 271 g/mol. The van der Waals surface area contributed by atoms with Crippen molar-refractivity contribution in [3.63, 3.8) is 0 Å². The average molecular weight is 272 g/mol. The fraction of sp³-hybridized carbons (Fsp3) is 1.00. The van der Waals surface area contributed by atoms with Gasteiger partial charge < -0.3 is 0 Å². The minimum atomic E-state index is -3.17. The van der Waals surface area contributed by atoms with Crippen LogP contribution in [0.1, 0.15) is 27.7 Å². The van der Waals surface area contributed by atoms with Crippen molar-refractivity contribution in [1.29, 1.82) is 0 Å². The summed E-state index contributed by atoms with van der Waals surface area (Å²) in [5.74, 6) is 0. The van der Waals surface area contributed by atoms with Gasteiger partial charge in [0, 0.05) is 18.4 Å². The Morgan fingerprint density at radius 1 is 1.38 bits per heavy atom. The van der Waals surface area contributed by atoms with Gasteiger partial charge in [-0.05, 0) is 20.8 Å². The summed E-state index contributed by atoms with van der Waals surface area (Å²) in [6.07, 6.45) is 0. The molecule has 0 rings (SSSR count). The van der Waals surface area contributed by atoms with Gasteiger partial charge in [-0.25, -0.2) is 12.7 Å². The zero-order valence-corrected chi connectivity index (χ0v) is 11.2. The van der Waals surface area contributed by atoms with Crippen LogP contribution in [0.5, 0.6) is 0 Å². The number of sulfonamides is 1. The molecule has 0 aliphatic carbocycles. The first-order valence-electron chi connectivity index (χ1n) is 4.19. The van der Waals surface area contributed by atoms with Crippen molar-refractivity contribution in [3.05, 3.63) is 0 Å². The van der Waals surface area contributed by atoms with Crippen LogP contribution in [0.15, 0.2) is 0 Å². The quantitative estimate of drug-likeness (QED) is 0.735. The summed E-state index contributed by atoms with van der Waals surface area (Å²) in [7, 11) is -1.56. The van der Waals surface area contributed by atoms with E-state index in [4.69, 9.17) is 0 Å². The molecule has 0 saturated carbocycles. The lowest BCUT2D eigenvalue weighted by molar-refractivity contribution is 0.448. The molecule has 5 heteroatoms. The van der Waals surface area contributed by atoms with Crippen molar-refractivity contribution in [2.45, 2.75) is 37.3 Å². The number of halogens is 1. The highest BCUT2D eigenvalue weighted by Gasteiger charge is 2.33. The van der Waals surface area contributed by atoms with Gasteiger partial charge in [0.25, 0.3) is 0 Å². The lowest BCUT2D eigenvalue weighted by atomic mass is 10.3. The molecule has 0 amide bonds. The molecule has 0 aliphatic heterocycles. The molecule has 80 valence electrons. The van der Waals surface area contributed by atoms with Crippen LogP contribution < -0.4 is 0 Å². The predicted molar refractivity (Wildman–Crippen MR) is 59.7 cm³/mol. The Balaban J connectivity index is 4.67. The number of rotatable bonds is 3. The van der Waals surface area contributed by atoms with Gasteiger partial charge in [0.1, 0.15) is 0 Å². The van der Waals surface area contributed by atoms with Gasteiger partial charge in [-0.15, -0.1) is 0 Å². The topological polar surface area (TPSA) is 37.4 Å². The summed E-state index contributed by atoms with van der Waals surface area (Å²) >= 11 is 3.33. The van der Waals surface area contributed by atoms with Crippen LogP contribution in [-0.2, 0) is 10.0 Å². The van der Waals surface area contributed by atoms with Crippen LogP contribution in [0, 0.1) is 0 Å². The second kappa shape index (κ2) is 4.28. The van der Waals surface area contributed by atoms with Gasteiger partial charge in [0.2, 0.25) is 10.0 Å². The fourth-order valence-corrected chi connectivity index (χ4v) is 2.90. The van der Waals surface area contributed by atoms with Crippen LogP contribution in [0.25, 0.3) is 0 Å². The minimum Gasteiger partial charge on any atom is -0.212 e. The third-order valence-corrected chi connectivity index (χ3v) is 4.50. The Labute approximate surface area is 89.7 Å². The van der Waals surface area contributed by atoms with E-state index in [9.17, 15) is 8.42 Å². The van der Waals surface area contributed by atoms with E-state index in [0.717, 1.165) is 0 Å².